The van der Waals surface area contributed by atoms with Crippen molar-refractivity contribution in [3.8, 4) is 0 Å². The van der Waals surface area contributed by atoms with Crippen molar-refractivity contribution in [2.45, 2.75) is 25.9 Å². The fraction of sp³-hybridized carbons (Fsp3) is 0.455. The van der Waals surface area contributed by atoms with Gasteiger partial charge in [0.25, 0.3) is 0 Å². The molecular formula is C11H13FO. The van der Waals surface area contributed by atoms with Crippen LogP contribution in [0.2, 0.25) is 0 Å². The number of aryl methyl sites for hydroxylation is 1. The van der Waals surface area contributed by atoms with Crippen molar-refractivity contribution in [1.82, 2.24) is 0 Å². The molecule has 0 bridgehead atoms. The van der Waals surface area contributed by atoms with Gasteiger partial charge in [0, 0.05) is 12.2 Å². The van der Waals surface area contributed by atoms with E-state index < -0.39 is 0 Å². The molecule has 1 unspecified atom stereocenters. The third-order valence-electron chi connectivity index (χ3n) is 2.43. The number of hydrogen-bond acceptors (Lipinski definition) is 1. The third kappa shape index (κ3) is 1.73. The molecule has 1 atom stereocenters. The van der Waals surface area contributed by atoms with Crippen LogP contribution in [-0.4, -0.2) is 6.61 Å². The number of rotatable bonds is 1. The van der Waals surface area contributed by atoms with Crippen LogP contribution >= 0.6 is 0 Å². The van der Waals surface area contributed by atoms with Crippen LogP contribution in [0.1, 0.15) is 30.1 Å². The second-order valence-electron chi connectivity index (χ2n) is 3.53. The zero-order chi connectivity index (χ0) is 9.26. The van der Waals surface area contributed by atoms with Crippen LogP contribution in [0.25, 0.3) is 0 Å². The smallest absolute Gasteiger partial charge is 0.129 e. The van der Waals surface area contributed by atoms with Crippen LogP contribution < -0.4 is 0 Å². The van der Waals surface area contributed by atoms with Gasteiger partial charge < -0.3 is 4.74 Å². The van der Waals surface area contributed by atoms with Gasteiger partial charge in [0.05, 0.1) is 6.10 Å². The molecule has 1 aromatic carbocycles. The normalized spacial score (nSPS) is 22.2. The molecule has 0 spiro atoms. The Morgan fingerprint density at radius 3 is 2.92 bits per heavy atom. The Balaban J connectivity index is 2.29. The van der Waals surface area contributed by atoms with Gasteiger partial charge in [-0.05, 0) is 31.4 Å². The van der Waals surface area contributed by atoms with Gasteiger partial charge in [-0.15, -0.1) is 0 Å². The van der Waals surface area contributed by atoms with Crippen molar-refractivity contribution in [1.29, 1.82) is 0 Å². The lowest BCUT2D eigenvalue weighted by molar-refractivity contribution is 0.109. The molecule has 0 N–H and O–H groups in total. The predicted octanol–water partition coefficient (Wildman–Crippen LogP) is 2.99. The summed E-state index contributed by atoms with van der Waals surface area (Å²) in [5.74, 6) is -0.132. The zero-order valence-corrected chi connectivity index (χ0v) is 7.72. The van der Waals surface area contributed by atoms with Gasteiger partial charge in [-0.2, -0.15) is 0 Å². The summed E-state index contributed by atoms with van der Waals surface area (Å²) in [6.45, 7) is 2.65. The van der Waals surface area contributed by atoms with E-state index in [0.717, 1.165) is 25.0 Å². The molecule has 0 radical (unpaired) electrons. The Kier molecular flexibility index (Phi) is 2.32. The van der Waals surface area contributed by atoms with Gasteiger partial charge in [-0.1, -0.05) is 12.1 Å². The highest BCUT2D eigenvalue weighted by Crippen LogP contribution is 2.30. The van der Waals surface area contributed by atoms with Crippen LogP contribution in [0.3, 0.4) is 0 Å². The molecule has 0 aliphatic carbocycles. The van der Waals surface area contributed by atoms with Crippen molar-refractivity contribution in [3.05, 3.63) is 35.1 Å². The van der Waals surface area contributed by atoms with E-state index >= 15 is 0 Å². The Bertz CT molecular complexity index is 303. The predicted molar refractivity (Wildman–Crippen MR) is 49.1 cm³/mol. The minimum Gasteiger partial charge on any atom is -0.373 e. The zero-order valence-electron chi connectivity index (χ0n) is 7.72. The van der Waals surface area contributed by atoms with Crippen LogP contribution in [0.5, 0.6) is 0 Å². The van der Waals surface area contributed by atoms with Gasteiger partial charge >= 0.3 is 0 Å². The van der Waals surface area contributed by atoms with Crippen LogP contribution in [0.4, 0.5) is 4.39 Å². The lowest BCUT2D eigenvalue weighted by Gasteiger charge is -2.10. The first-order valence-corrected chi connectivity index (χ1v) is 4.65. The molecule has 70 valence electrons. The Morgan fingerprint density at radius 1 is 1.46 bits per heavy atom. The van der Waals surface area contributed by atoms with Crippen LogP contribution in [-0.2, 0) is 4.74 Å². The van der Waals surface area contributed by atoms with Crippen molar-refractivity contribution in [2.24, 2.45) is 0 Å². The third-order valence-corrected chi connectivity index (χ3v) is 2.43. The van der Waals surface area contributed by atoms with E-state index in [1.807, 2.05) is 19.1 Å². The quantitative estimate of drug-likeness (QED) is 0.645. The minimum absolute atomic E-state index is 0.0133. The van der Waals surface area contributed by atoms with Gasteiger partial charge in [-0.25, -0.2) is 4.39 Å². The van der Waals surface area contributed by atoms with Crippen molar-refractivity contribution < 1.29 is 9.13 Å². The summed E-state index contributed by atoms with van der Waals surface area (Å²) in [6, 6.07) is 5.33. The molecule has 2 heteroatoms. The van der Waals surface area contributed by atoms with E-state index in [2.05, 4.69) is 0 Å². The molecule has 1 fully saturated rings. The molecular weight excluding hydrogens is 167 g/mol. The highest BCUT2D eigenvalue weighted by molar-refractivity contribution is 5.25. The lowest BCUT2D eigenvalue weighted by Crippen LogP contribution is -1.99. The van der Waals surface area contributed by atoms with E-state index in [4.69, 9.17) is 4.74 Å². The van der Waals surface area contributed by atoms with Crippen LogP contribution in [0.15, 0.2) is 18.2 Å². The van der Waals surface area contributed by atoms with Crippen molar-refractivity contribution >= 4 is 0 Å². The van der Waals surface area contributed by atoms with E-state index in [1.54, 1.807) is 6.07 Å². The summed E-state index contributed by atoms with van der Waals surface area (Å²) in [5, 5.41) is 0. The van der Waals surface area contributed by atoms with Gasteiger partial charge in [-0.3, -0.25) is 0 Å². The summed E-state index contributed by atoms with van der Waals surface area (Å²) in [6.07, 6.45) is 1.97. The maximum Gasteiger partial charge on any atom is 0.129 e. The first-order valence-electron chi connectivity index (χ1n) is 4.65. The Morgan fingerprint density at radius 2 is 2.31 bits per heavy atom. The number of hydrogen-bond donors (Lipinski definition) is 0. The fourth-order valence-corrected chi connectivity index (χ4v) is 1.72. The number of halogens is 1. The van der Waals surface area contributed by atoms with E-state index in [-0.39, 0.29) is 11.9 Å². The molecule has 1 aliphatic heterocycles. The Labute approximate surface area is 77.5 Å². The molecule has 1 aromatic rings. The topological polar surface area (TPSA) is 9.23 Å². The highest BCUT2D eigenvalue weighted by atomic mass is 19.1. The molecule has 1 saturated heterocycles. The summed E-state index contributed by atoms with van der Waals surface area (Å²) in [4.78, 5) is 0. The molecule has 0 aromatic heterocycles. The summed E-state index contributed by atoms with van der Waals surface area (Å²) in [5.41, 5.74) is 1.67. The fourth-order valence-electron chi connectivity index (χ4n) is 1.72. The van der Waals surface area contributed by atoms with Gasteiger partial charge in [0.2, 0.25) is 0 Å². The Hall–Kier alpha value is -0.890. The minimum atomic E-state index is -0.132. The molecule has 0 saturated carbocycles. The molecule has 1 aliphatic rings. The van der Waals surface area contributed by atoms with Crippen LogP contribution in [0, 0.1) is 12.7 Å². The molecule has 13 heavy (non-hydrogen) atoms. The van der Waals surface area contributed by atoms with E-state index in [0.29, 0.717) is 5.56 Å². The molecule has 2 rings (SSSR count). The monoisotopic (exact) mass is 180 g/mol. The lowest BCUT2D eigenvalue weighted by atomic mass is 10.0. The standard InChI is InChI=1S/C11H13FO/c1-8-4-5-9(10(12)7-8)11-3-2-6-13-11/h4-5,7,11H,2-3,6H2,1H3. The van der Waals surface area contributed by atoms with E-state index in [9.17, 15) is 4.39 Å². The average Bonchev–Trinajstić information content (AvgIpc) is 2.56. The molecule has 1 nitrogen and oxygen atoms in total. The van der Waals surface area contributed by atoms with Crippen molar-refractivity contribution in [3.63, 3.8) is 0 Å². The average molecular weight is 180 g/mol. The first-order chi connectivity index (χ1) is 6.27. The molecule has 1 heterocycles. The van der Waals surface area contributed by atoms with Gasteiger partial charge in [0.1, 0.15) is 5.82 Å². The maximum atomic E-state index is 13.4. The van der Waals surface area contributed by atoms with Crippen molar-refractivity contribution in [2.75, 3.05) is 6.61 Å². The summed E-state index contributed by atoms with van der Waals surface area (Å²) < 4.78 is 18.8. The maximum absolute atomic E-state index is 13.4. The molecule has 0 amide bonds. The van der Waals surface area contributed by atoms with Gasteiger partial charge in [0.15, 0.2) is 0 Å². The number of ether oxygens (including phenoxy) is 1. The largest absolute Gasteiger partial charge is 0.373 e. The SMILES string of the molecule is Cc1ccc(C2CCCO2)c(F)c1. The second kappa shape index (κ2) is 3.46. The highest BCUT2D eigenvalue weighted by Gasteiger charge is 2.20. The number of benzene rings is 1. The second-order valence-corrected chi connectivity index (χ2v) is 3.53. The summed E-state index contributed by atoms with van der Waals surface area (Å²) >= 11 is 0. The first kappa shape index (κ1) is 8.70. The van der Waals surface area contributed by atoms with E-state index in [1.165, 1.54) is 0 Å². The summed E-state index contributed by atoms with van der Waals surface area (Å²) in [7, 11) is 0.